The third-order valence-electron chi connectivity index (χ3n) is 2.48. The molecule has 2 aromatic rings. The van der Waals surface area contributed by atoms with E-state index < -0.39 is 0 Å². The van der Waals surface area contributed by atoms with Crippen molar-refractivity contribution in [1.82, 2.24) is 0 Å². The largest absolute Gasteiger partial charge is 0.457 e. The van der Waals surface area contributed by atoms with Crippen LogP contribution in [0.25, 0.3) is 0 Å². The first-order chi connectivity index (χ1) is 8.83. The maximum Gasteiger partial charge on any atom is 0.153 e. The van der Waals surface area contributed by atoms with Crippen molar-refractivity contribution in [2.45, 2.75) is 6.61 Å². The Labute approximate surface area is 106 Å². The van der Waals surface area contributed by atoms with Crippen LogP contribution in [-0.4, -0.2) is 13.4 Å². The van der Waals surface area contributed by atoms with E-state index in [2.05, 4.69) is 0 Å². The number of hydrogen-bond acceptors (Lipinski definition) is 3. The zero-order chi connectivity index (χ0) is 12.8. The highest BCUT2D eigenvalue weighted by atomic mass is 16.5. The van der Waals surface area contributed by atoms with Crippen LogP contribution in [0.15, 0.2) is 48.5 Å². The molecule has 3 nitrogen and oxygen atoms in total. The number of rotatable bonds is 5. The second-order valence-electron chi connectivity index (χ2n) is 3.84. The highest BCUT2D eigenvalue weighted by Crippen LogP contribution is 2.24. The van der Waals surface area contributed by atoms with Crippen molar-refractivity contribution < 1.29 is 14.3 Å². The normalized spacial score (nSPS) is 10.1. The fourth-order valence-electron chi connectivity index (χ4n) is 1.66. The average molecular weight is 242 g/mol. The number of carbonyl (C=O) groups excluding carboxylic acids is 1. The van der Waals surface area contributed by atoms with Crippen LogP contribution in [-0.2, 0) is 11.3 Å². The lowest BCUT2D eigenvalue weighted by Gasteiger charge is -2.09. The summed E-state index contributed by atoms with van der Waals surface area (Å²) >= 11 is 0. The molecular weight excluding hydrogens is 228 g/mol. The molecule has 0 aliphatic rings. The molecule has 0 fully saturated rings. The lowest BCUT2D eigenvalue weighted by molar-refractivity contribution is 0.112. The van der Waals surface area contributed by atoms with E-state index in [1.807, 2.05) is 30.3 Å². The number of benzene rings is 2. The summed E-state index contributed by atoms with van der Waals surface area (Å²) in [5, 5.41) is 0. The number of aldehydes is 1. The van der Waals surface area contributed by atoms with Gasteiger partial charge in [-0.25, -0.2) is 0 Å². The zero-order valence-electron chi connectivity index (χ0n) is 10.1. The van der Waals surface area contributed by atoms with Gasteiger partial charge in [0.05, 0.1) is 12.2 Å². The van der Waals surface area contributed by atoms with E-state index in [1.165, 1.54) is 0 Å². The Morgan fingerprint density at radius 3 is 2.72 bits per heavy atom. The maximum absolute atomic E-state index is 10.9. The minimum Gasteiger partial charge on any atom is -0.457 e. The molecule has 0 radical (unpaired) electrons. The van der Waals surface area contributed by atoms with Gasteiger partial charge in [0.1, 0.15) is 11.5 Å². The van der Waals surface area contributed by atoms with Crippen LogP contribution in [0.1, 0.15) is 15.9 Å². The van der Waals surface area contributed by atoms with Gasteiger partial charge in [-0.15, -0.1) is 0 Å². The first-order valence-electron chi connectivity index (χ1n) is 5.63. The van der Waals surface area contributed by atoms with Gasteiger partial charge in [-0.1, -0.05) is 24.3 Å². The zero-order valence-corrected chi connectivity index (χ0v) is 10.1. The maximum atomic E-state index is 10.9. The Bertz CT molecular complexity index is 535. The van der Waals surface area contributed by atoms with Crippen LogP contribution in [0.5, 0.6) is 11.5 Å². The van der Waals surface area contributed by atoms with Crippen molar-refractivity contribution in [2.75, 3.05) is 7.11 Å². The summed E-state index contributed by atoms with van der Waals surface area (Å²) in [6.45, 7) is 0.534. The molecule has 0 unspecified atom stereocenters. The topological polar surface area (TPSA) is 35.5 Å². The van der Waals surface area contributed by atoms with Crippen LogP contribution in [0.4, 0.5) is 0 Å². The van der Waals surface area contributed by atoms with E-state index in [0.717, 1.165) is 11.8 Å². The van der Waals surface area contributed by atoms with Gasteiger partial charge in [0.2, 0.25) is 0 Å². The summed E-state index contributed by atoms with van der Waals surface area (Å²) in [7, 11) is 1.65. The monoisotopic (exact) mass is 242 g/mol. The summed E-state index contributed by atoms with van der Waals surface area (Å²) in [5.74, 6) is 1.25. The van der Waals surface area contributed by atoms with Crippen molar-refractivity contribution in [3.05, 3.63) is 59.7 Å². The molecule has 0 saturated carbocycles. The molecular formula is C15H14O3. The Morgan fingerprint density at radius 2 is 1.94 bits per heavy atom. The Hall–Kier alpha value is -2.13. The fraction of sp³-hybridized carbons (Fsp3) is 0.133. The van der Waals surface area contributed by atoms with Gasteiger partial charge >= 0.3 is 0 Å². The van der Waals surface area contributed by atoms with Gasteiger partial charge in [0, 0.05) is 7.11 Å². The summed E-state index contributed by atoms with van der Waals surface area (Å²) in [5.41, 5.74) is 1.56. The lowest BCUT2D eigenvalue weighted by Crippen LogP contribution is -1.92. The molecule has 0 saturated heterocycles. The van der Waals surface area contributed by atoms with E-state index in [4.69, 9.17) is 9.47 Å². The average Bonchev–Trinajstić information content (AvgIpc) is 2.40. The van der Waals surface area contributed by atoms with Crippen LogP contribution < -0.4 is 4.74 Å². The van der Waals surface area contributed by atoms with Crippen LogP contribution in [0.3, 0.4) is 0 Å². The number of ether oxygens (including phenoxy) is 2. The molecule has 0 heterocycles. The molecule has 0 aliphatic heterocycles. The number of methoxy groups -OCH3 is 1. The quantitative estimate of drug-likeness (QED) is 0.753. The second kappa shape index (κ2) is 5.98. The minimum atomic E-state index is 0.534. The first kappa shape index (κ1) is 12.3. The van der Waals surface area contributed by atoms with E-state index in [-0.39, 0.29) is 0 Å². The van der Waals surface area contributed by atoms with Crippen molar-refractivity contribution >= 4 is 6.29 Å². The molecule has 0 N–H and O–H groups in total. The van der Waals surface area contributed by atoms with Gasteiger partial charge in [0.15, 0.2) is 6.29 Å². The second-order valence-corrected chi connectivity index (χ2v) is 3.84. The first-order valence-corrected chi connectivity index (χ1v) is 5.63. The summed E-state index contributed by atoms with van der Waals surface area (Å²) in [4.78, 5) is 10.9. The molecule has 0 aliphatic carbocycles. The molecule has 0 aromatic heterocycles. The molecule has 0 bridgehead atoms. The van der Waals surface area contributed by atoms with Gasteiger partial charge in [-0.05, 0) is 29.8 Å². The summed E-state index contributed by atoms with van der Waals surface area (Å²) in [6.07, 6.45) is 0.786. The molecule has 92 valence electrons. The molecule has 2 rings (SSSR count). The van der Waals surface area contributed by atoms with Crippen molar-refractivity contribution in [3.63, 3.8) is 0 Å². The van der Waals surface area contributed by atoms with Crippen LogP contribution >= 0.6 is 0 Å². The third kappa shape index (κ3) is 2.96. The predicted molar refractivity (Wildman–Crippen MR) is 69.1 cm³/mol. The standard InChI is InChI=1S/C15H14O3/c1-17-11-12-5-4-7-14(9-12)18-15-8-3-2-6-13(15)10-16/h2-10H,11H2,1H3. The Kier molecular flexibility index (Phi) is 4.10. The summed E-state index contributed by atoms with van der Waals surface area (Å²) < 4.78 is 10.8. The van der Waals surface area contributed by atoms with E-state index in [9.17, 15) is 4.79 Å². The highest BCUT2D eigenvalue weighted by molar-refractivity contribution is 5.79. The number of carbonyl (C=O) groups is 1. The van der Waals surface area contributed by atoms with E-state index in [1.54, 1.807) is 25.3 Å². The van der Waals surface area contributed by atoms with Crippen molar-refractivity contribution in [1.29, 1.82) is 0 Å². The third-order valence-corrected chi connectivity index (χ3v) is 2.48. The molecule has 2 aromatic carbocycles. The van der Waals surface area contributed by atoms with E-state index >= 15 is 0 Å². The molecule has 3 heteroatoms. The number of para-hydroxylation sites is 1. The van der Waals surface area contributed by atoms with Gasteiger partial charge in [0.25, 0.3) is 0 Å². The highest BCUT2D eigenvalue weighted by Gasteiger charge is 2.03. The molecule has 0 spiro atoms. The molecule has 0 atom stereocenters. The Balaban J connectivity index is 2.22. The molecule has 0 amide bonds. The predicted octanol–water partition coefficient (Wildman–Crippen LogP) is 3.44. The van der Waals surface area contributed by atoms with Gasteiger partial charge < -0.3 is 9.47 Å². The van der Waals surface area contributed by atoms with Gasteiger partial charge in [-0.3, -0.25) is 4.79 Å². The smallest absolute Gasteiger partial charge is 0.153 e. The van der Waals surface area contributed by atoms with Crippen molar-refractivity contribution in [3.8, 4) is 11.5 Å². The Morgan fingerprint density at radius 1 is 1.11 bits per heavy atom. The van der Waals surface area contributed by atoms with E-state index in [0.29, 0.717) is 23.7 Å². The van der Waals surface area contributed by atoms with Crippen LogP contribution in [0, 0.1) is 0 Å². The summed E-state index contributed by atoms with van der Waals surface area (Å²) in [6, 6.07) is 14.7. The van der Waals surface area contributed by atoms with Crippen molar-refractivity contribution in [2.24, 2.45) is 0 Å². The minimum absolute atomic E-state index is 0.534. The van der Waals surface area contributed by atoms with Gasteiger partial charge in [-0.2, -0.15) is 0 Å². The van der Waals surface area contributed by atoms with Crippen LogP contribution in [0.2, 0.25) is 0 Å². The fourth-order valence-corrected chi connectivity index (χ4v) is 1.66. The number of hydrogen-bond donors (Lipinski definition) is 0. The molecule has 18 heavy (non-hydrogen) atoms. The lowest BCUT2D eigenvalue weighted by atomic mass is 10.2. The SMILES string of the molecule is COCc1cccc(Oc2ccccc2C=O)c1.